The lowest BCUT2D eigenvalue weighted by Gasteiger charge is -2.33. The van der Waals surface area contributed by atoms with E-state index in [0.717, 1.165) is 28.8 Å². The summed E-state index contributed by atoms with van der Waals surface area (Å²) in [7, 11) is 0. The van der Waals surface area contributed by atoms with Gasteiger partial charge in [-0.1, -0.05) is 30.3 Å². The van der Waals surface area contributed by atoms with Crippen LogP contribution in [0.15, 0.2) is 41.8 Å². The summed E-state index contributed by atoms with van der Waals surface area (Å²) in [6, 6.07) is 12.0. The zero-order valence-electron chi connectivity index (χ0n) is 16.0. The molecule has 2 amide bonds. The number of amides is 2. The SMILES string of the molecule is CC(C)(C)OC(=O)N1CCC(NC(=O)c2sccc2-c2ccccc2)CC1. The summed E-state index contributed by atoms with van der Waals surface area (Å²) in [6.07, 6.45) is 1.19. The molecule has 0 saturated carbocycles. The topological polar surface area (TPSA) is 58.6 Å². The van der Waals surface area contributed by atoms with Crippen LogP contribution in [0, 0.1) is 0 Å². The van der Waals surface area contributed by atoms with Crippen molar-refractivity contribution in [3.05, 3.63) is 46.7 Å². The molecule has 1 aromatic heterocycles. The molecule has 6 heteroatoms. The fourth-order valence-electron chi connectivity index (χ4n) is 3.11. The summed E-state index contributed by atoms with van der Waals surface area (Å²) in [4.78, 5) is 27.4. The molecule has 5 nitrogen and oxygen atoms in total. The minimum atomic E-state index is -0.491. The predicted octanol–water partition coefficient (Wildman–Crippen LogP) is 4.54. The number of hydrogen-bond donors (Lipinski definition) is 1. The zero-order chi connectivity index (χ0) is 19.4. The summed E-state index contributed by atoms with van der Waals surface area (Å²) in [5.41, 5.74) is 1.52. The maximum atomic E-state index is 12.8. The zero-order valence-corrected chi connectivity index (χ0v) is 16.8. The molecular formula is C21H26N2O3S. The van der Waals surface area contributed by atoms with Gasteiger partial charge in [0.25, 0.3) is 5.91 Å². The summed E-state index contributed by atoms with van der Waals surface area (Å²) >= 11 is 1.46. The van der Waals surface area contributed by atoms with Gasteiger partial charge in [0.2, 0.25) is 0 Å². The number of benzene rings is 1. The van der Waals surface area contributed by atoms with E-state index in [1.54, 1.807) is 4.90 Å². The van der Waals surface area contributed by atoms with Crippen LogP contribution in [0.5, 0.6) is 0 Å². The molecule has 3 rings (SSSR count). The third kappa shape index (κ3) is 5.10. The molecule has 0 bridgehead atoms. The molecule has 1 aliphatic rings. The van der Waals surface area contributed by atoms with Crippen molar-refractivity contribution in [1.29, 1.82) is 0 Å². The first-order valence-electron chi connectivity index (χ1n) is 9.25. The highest BCUT2D eigenvalue weighted by Crippen LogP contribution is 2.28. The Morgan fingerprint density at radius 2 is 1.78 bits per heavy atom. The Bertz CT molecular complexity index is 787. The number of carbonyl (C=O) groups is 2. The average molecular weight is 387 g/mol. The van der Waals surface area contributed by atoms with Crippen LogP contribution < -0.4 is 5.32 Å². The van der Waals surface area contributed by atoms with Crippen LogP contribution in [-0.2, 0) is 4.74 Å². The lowest BCUT2D eigenvalue weighted by molar-refractivity contribution is 0.0200. The van der Waals surface area contributed by atoms with Gasteiger partial charge in [-0.2, -0.15) is 0 Å². The highest BCUT2D eigenvalue weighted by atomic mass is 32.1. The van der Waals surface area contributed by atoms with E-state index in [1.165, 1.54) is 11.3 Å². The molecular weight excluding hydrogens is 360 g/mol. The Labute approximate surface area is 164 Å². The highest BCUT2D eigenvalue weighted by Gasteiger charge is 2.28. The van der Waals surface area contributed by atoms with Gasteiger partial charge in [0.15, 0.2) is 0 Å². The molecule has 1 aromatic carbocycles. The lowest BCUT2D eigenvalue weighted by atomic mass is 10.0. The number of likely N-dealkylation sites (tertiary alicyclic amines) is 1. The van der Waals surface area contributed by atoms with Crippen molar-refractivity contribution in [1.82, 2.24) is 10.2 Å². The van der Waals surface area contributed by atoms with Crippen molar-refractivity contribution in [2.75, 3.05) is 13.1 Å². The minimum absolute atomic E-state index is 0.0421. The standard InChI is InChI=1S/C21H26N2O3S/c1-21(2,3)26-20(25)23-12-9-16(10-13-23)22-19(24)18-17(11-14-27-18)15-7-5-4-6-8-15/h4-8,11,14,16H,9-10,12-13H2,1-3H3,(H,22,24). The fraction of sp³-hybridized carbons (Fsp3) is 0.429. The third-order valence-electron chi connectivity index (χ3n) is 4.44. The number of carbonyl (C=O) groups excluding carboxylic acids is 2. The summed E-state index contributed by atoms with van der Waals surface area (Å²) < 4.78 is 5.42. The number of hydrogen-bond acceptors (Lipinski definition) is 4. The van der Waals surface area contributed by atoms with Crippen LogP contribution in [0.25, 0.3) is 11.1 Å². The second-order valence-corrected chi connectivity index (χ2v) is 8.66. The monoisotopic (exact) mass is 386 g/mol. The molecule has 0 atom stereocenters. The number of rotatable bonds is 3. The first-order valence-corrected chi connectivity index (χ1v) is 10.1. The second-order valence-electron chi connectivity index (χ2n) is 7.74. The van der Waals surface area contributed by atoms with Gasteiger partial charge in [-0.05, 0) is 50.6 Å². The van der Waals surface area contributed by atoms with Crippen LogP contribution in [0.4, 0.5) is 4.79 Å². The molecule has 1 fully saturated rings. The summed E-state index contributed by atoms with van der Waals surface area (Å²) in [6.45, 7) is 6.78. The predicted molar refractivity (Wildman–Crippen MR) is 108 cm³/mol. The normalized spacial score (nSPS) is 15.4. The van der Waals surface area contributed by atoms with Gasteiger partial charge in [-0.25, -0.2) is 4.79 Å². The molecule has 27 heavy (non-hydrogen) atoms. The average Bonchev–Trinajstić information content (AvgIpc) is 3.11. The van der Waals surface area contributed by atoms with E-state index in [-0.39, 0.29) is 18.0 Å². The van der Waals surface area contributed by atoms with E-state index < -0.39 is 5.60 Å². The molecule has 2 aromatic rings. The molecule has 1 N–H and O–H groups in total. The largest absolute Gasteiger partial charge is 0.444 e. The number of piperidine rings is 1. The first-order chi connectivity index (χ1) is 12.8. The molecule has 0 aliphatic carbocycles. The molecule has 1 aliphatic heterocycles. The molecule has 0 spiro atoms. The van der Waals surface area contributed by atoms with Crippen molar-refractivity contribution in [2.45, 2.75) is 45.3 Å². The van der Waals surface area contributed by atoms with Crippen LogP contribution in [0.3, 0.4) is 0 Å². The van der Waals surface area contributed by atoms with Crippen molar-refractivity contribution in [3.63, 3.8) is 0 Å². The minimum Gasteiger partial charge on any atom is -0.444 e. The molecule has 0 radical (unpaired) electrons. The Kier molecular flexibility index (Phi) is 5.85. The van der Waals surface area contributed by atoms with Crippen molar-refractivity contribution in [3.8, 4) is 11.1 Å². The number of thiophene rings is 1. The Hall–Kier alpha value is -2.34. The number of nitrogens with zero attached hydrogens (tertiary/aromatic N) is 1. The van der Waals surface area contributed by atoms with Crippen molar-refractivity contribution in [2.24, 2.45) is 0 Å². The van der Waals surface area contributed by atoms with E-state index in [2.05, 4.69) is 5.32 Å². The van der Waals surface area contributed by atoms with Gasteiger partial charge < -0.3 is 15.0 Å². The third-order valence-corrected chi connectivity index (χ3v) is 5.35. The Balaban J connectivity index is 1.57. The highest BCUT2D eigenvalue weighted by molar-refractivity contribution is 7.12. The quantitative estimate of drug-likeness (QED) is 0.842. The van der Waals surface area contributed by atoms with Gasteiger partial charge in [0.1, 0.15) is 5.60 Å². The summed E-state index contributed by atoms with van der Waals surface area (Å²) in [5.74, 6) is -0.0421. The van der Waals surface area contributed by atoms with Gasteiger partial charge in [0, 0.05) is 24.7 Å². The number of nitrogens with one attached hydrogen (secondary N) is 1. The first kappa shape index (κ1) is 19.4. The molecule has 1 saturated heterocycles. The lowest BCUT2D eigenvalue weighted by Crippen LogP contribution is -2.47. The second kappa shape index (κ2) is 8.13. The maximum Gasteiger partial charge on any atom is 0.410 e. The van der Waals surface area contributed by atoms with Crippen molar-refractivity contribution < 1.29 is 14.3 Å². The van der Waals surface area contributed by atoms with Gasteiger partial charge >= 0.3 is 6.09 Å². The van der Waals surface area contributed by atoms with Gasteiger partial charge in [-0.15, -0.1) is 11.3 Å². The van der Waals surface area contributed by atoms with Gasteiger partial charge in [-0.3, -0.25) is 4.79 Å². The fourth-order valence-corrected chi connectivity index (χ4v) is 3.93. The van der Waals surface area contributed by atoms with E-state index in [0.29, 0.717) is 13.1 Å². The molecule has 144 valence electrons. The van der Waals surface area contributed by atoms with E-state index in [1.807, 2.05) is 62.5 Å². The van der Waals surface area contributed by atoms with Crippen LogP contribution in [0.1, 0.15) is 43.3 Å². The summed E-state index contributed by atoms with van der Waals surface area (Å²) in [5, 5.41) is 5.08. The smallest absolute Gasteiger partial charge is 0.410 e. The van der Waals surface area contributed by atoms with Crippen molar-refractivity contribution >= 4 is 23.3 Å². The van der Waals surface area contributed by atoms with Gasteiger partial charge in [0.05, 0.1) is 4.88 Å². The van der Waals surface area contributed by atoms with Crippen LogP contribution in [-0.4, -0.2) is 41.6 Å². The molecule has 2 heterocycles. The van der Waals surface area contributed by atoms with E-state index in [4.69, 9.17) is 4.74 Å². The maximum absolute atomic E-state index is 12.8. The Morgan fingerprint density at radius 1 is 1.11 bits per heavy atom. The van der Waals surface area contributed by atoms with E-state index >= 15 is 0 Å². The number of ether oxygens (including phenoxy) is 1. The van der Waals surface area contributed by atoms with Crippen LogP contribution in [0.2, 0.25) is 0 Å². The Morgan fingerprint density at radius 3 is 2.41 bits per heavy atom. The molecule has 0 unspecified atom stereocenters. The van der Waals surface area contributed by atoms with Crippen LogP contribution >= 0.6 is 11.3 Å². The van der Waals surface area contributed by atoms with E-state index in [9.17, 15) is 9.59 Å².